The number of hydrogen-bond donors (Lipinski definition) is 1. The molecule has 2 nitrogen and oxygen atoms in total. The minimum absolute atomic E-state index is 0.0574. The zero-order valence-electron chi connectivity index (χ0n) is 18.9. The van der Waals surface area contributed by atoms with Crippen LogP contribution in [0.15, 0.2) is 0 Å². The largest absolute Gasteiger partial charge is 0.393 e. The third kappa shape index (κ3) is 5.33. The summed E-state index contributed by atoms with van der Waals surface area (Å²) in [6.07, 6.45) is 0.461. The summed E-state index contributed by atoms with van der Waals surface area (Å²) < 4.78 is 269. The van der Waals surface area contributed by atoms with Gasteiger partial charge in [-0.1, -0.05) is 26.2 Å². The minimum atomic E-state index is -9.15. The van der Waals surface area contributed by atoms with Gasteiger partial charge in [0.05, 0.1) is 0 Å². The van der Waals surface area contributed by atoms with Crippen LogP contribution in [0.3, 0.4) is 0 Å². The summed E-state index contributed by atoms with van der Waals surface area (Å²) in [6, 6.07) is 0. The maximum Gasteiger partial charge on any atom is 0.393 e. The predicted octanol–water partition coefficient (Wildman–Crippen LogP) is 8.23. The average molecular weight is 664 g/mol. The Hall–Kier alpha value is -1.64. The van der Waals surface area contributed by atoms with Crippen molar-refractivity contribution >= 4 is 17.5 Å². The van der Waals surface area contributed by atoms with E-state index in [0.29, 0.717) is 12.8 Å². The molecule has 0 saturated heterocycles. The molecule has 0 fully saturated rings. The van der Waals surface area contributed by atoms with E-state index in [0.717, 1.165) is 5.32 Å². The van der Waals surface area contributed by atoms with Crippen LogP contribution in [0.1, 0.15) is 32.6 Å². The van der Waals surface area contributed by atoms with Gasteiger partial charge in [-0.3, -0.25) is 4.79 Å². The van der Waals surface area contributed by atoms with E-state index in [1.165, 1.54) is 0 Å². The first-order valence-corrected chi connectivity index (χ1v) is 10.4. The van der Waals surface area contributed by atoms with Crippen LogP contribution in [0.5, 0.6) is 0 Å². The molecule has 0 unspecified atom stereocenters. The molecule has 0 rings (SSSR count). The number of rotatable bonds is 15. The molecular weight excluding hydrogens is 650 g/mol. The third-order valence-corrected chi connectivity index (χ3v) is 5.35. The van der Waals surface area contributed by atoms with Gasteiger partial charge in [0.1, 0.15) is 0 Å². The predicted molar refractivity (Wildman–Crippen MR) is 92.5 cm³/mol. The first-order chi connectivity index (χ1) is 17.2. The highest BCUT2D eigenvalue weighted by Crippen LogP contribution is 2.66. The fourth-order valence-electron chi connectivity index (χ4n) is 2.57. The third-order valence-electron chi connectivity index (χ3n) is 5.11. The van der Waals surface area contributed by atoms with Gasteiger partial charge in [-0.25, -0.2) is 0 Å². The fraction of sp³-hybridized carbons (Fsp3) is 0.941. The van der Waals surface area contributed by atoms with Crippen LogP contribution in [0.25, 0.3) is 0 Å². The molecule has 1 N–H and O–H groups in total. The molecule has 0 heterocycles. The normalized spacial score (nSPS) is 15.8. The quantitative estimate of drug-likeness (QED) is 0.107. The Morgan fingerprint density at radius 3 is 1.10 bits per heavy atom. The number of hydrogen-bond acceptors (Lipinski definition) is 1. The van der Waals surface area contributed by atoms with E-state index in [-0.39, 0.29) is 12.8 Å². The van der Waals surface area contributed by atoms with Crippen molar-refractivity contribution in [2.75, 3.05) is 6.54 Å². The van der Waals surface area contributed by atoms with Crippen LogP contribution in [0.2, 0.25) is 0 Å². The second-order valence-corrected chi connectivity index (χ2v) is 8.46. The van der Waals surface area contributed by atoms with Gasteiger partial charge in [0.2, 0.25) is 0 Å². The monoisotopic (exact) mass is 663 g/mol. The Morgan fingerprint density at radius 1 is 0.500 bits per heavy atom. The molecule has 0 aromatic heterocycles. The summed E-state index contributed by atoms with van der Waals surface area (Å²) >= 11 is 3.33. The molecule has 0 atom stereocenters. The van der Waals surface area contributed by atoms with Gasteiger partial charge in [0.25, 0.3) is 5.91 Å². The van der Waals surface area contributed by atoms with E-state index in [4.69, 9.17) is 0 Å². The topological polar surface area (TPSA) is 29.1 Å². The van der Waals surface area contributed by atoms with E-state index in [2.05, 4.69) is 11.6 Å². The van der Waals surface area contributed by atoms with Gasteiger partial charge >= 0.3 is 58.7 Å². The summed E-state index contributed by atoms with van der Waals surface area (Å²) in [5.41, 5.74) is 0. The molecule has 0 radical (unpaired) electrons. The molecule has 1 amide bonds. The van der Waals surface area contributed by atoms with Gasteiger partial charge in [-0.2, -0.15) is 87.8 Å². The van der Waals surface area contributed by atoms with Gasteiger partial charge in [0, 0.05) is 6.54 Å². The number of carbonyl (C=O) groups excluding carboxylic acids is 1. The lowest BCUT2D eigenvalue weighted by molar-refractivity contribution is -0.464. The number of alkyl halides is 21. The highest BCUT2D eigenvalue weighted by atomic mass is 35.5. The van der Waals surface area contributed by atoms with Crippen LogP contribution >= 0.6 is 11.6 Å². The zero-order valence-corrected chi connectivity index (χ0v) is 19.6. The van der Waals surface area contributed by atoms with Crippen LogP contribution in [0.4, 0.5) is 87.8 Å². The zero-order chi connectivity index (χ0) is 32.8. The number of carbonyl (C=O) groups is 1. The second kappa shape index (κ2) is 10.9. The van der Waals surface area contributed by atoms with Crippen molar-refractivity contribution in [3.05, 3.63) is 0 Å². The highest BCUT2D eigenvalue weighted by molar-refractivity contribution is 6.22. The van der Waals surface area contributed by atoms with Gasteiger partial charge in [-0.15, -0.1) is 0 Å². The molecule has 0 aliphatic heterocycles. The molecule has 0 spiro atoms. The van der Waals surface area contributed by atoms with Crippen LogP contribution in [0, 0.1) is 0 Å². The summed E-state index contributed by atoms with van der Waals surface area (Å²) in [5.74, 6) is -80.8. The van der Waals surface area contributed by atoms with Crippen molar-refractivity contribution in [3.63, 3.8) is 0 Å². The number of amides is 1. The van der Waals surface area contributed by atoms with E-state index in [1.54, 1.807) is 6.92 Å². The number of nitrogens with one attached hydrogen (secondary N) is 1. The molecule has 0 aliphatic carbocycles. The van der Waals surface area contributed by atoms with Crippen molar-refractivity contribution in [1.82, 2.24) is 5.32 Å². The smallest absolute Gasteiger partial charge is 0.351 e. The SMILES string of the molecule is CCCCCCNC(=O)C(F)(F)C(F)(F)C(F)(F)C(F)(F)C(F)(F)C(F)(F)C(F)(F)C(F)(F)C(F)(F)C(F)(F)Cl. The first kappa shape index (κ1) is 38.4. The summed E-state index contributed by atoms with van der Waals surface area (Å²) in [6.45, 7) is 0.506. The number of unbranched alkanes of at least 4 members (excludes halogenated alkanes) is 3. The summed E-state index contributed by atoms with van der Waals surface area (Å²) in [5, 5.41) is -6.27. The lowest BCUT2D eigenvalue weighted by Crippen LogP contribution is -2.77. The van der Waals surface area contributed by atoms with Gasteiger partial charge < -0.3 is 5.32 Å². The van der Waals surface area contributed by atoms with Crippen LogP contribution < -0.4 is 5.32 Å². The Labute approximate surface area is 214 Å². The van der Waals surface area contributed by atoms with Crippen molar-refractivity contribution in [2.24, 2.45) is 0 Å². The lowest BCUT2D eigenvalue weighted by Gasteiger charge is -2.44. The lowest BCUT2D eigenvalue weighted by atomic mass is 9.86. The van der Waals surface area contributed by atoms with E-state index < -0.39 is 71.1 Å². The van der Waals surface area contributed by atoms with E-state index >= 15 is 0 Å². The maximum absolute atomic E-state index is 13.8. The standard InChI is InChI=1S/C17H14ClF20NO/c1-2-3-4-5-6-39-7(40)8(19,20)9(21,22)10(23,24)11(25,26)12(27,28)13(29,30)14(31,32)15(33,34)16(35,36)17(18,37)38/h2-6H2,1H3,(H,39,40). The second-order valence-electron chi connectivity index (χ2n) is 7.98. The van der Waals surface area contributed by atoms with Gasteiger partial charge in [0.15, 0.2) is 0 Å². The van der Waals surface area contributed by atoms with E-state index in [9.17, 15) is 92.6 Å². The number of halogens is 21. The summed E-state index contributed by atoms with van der Waals surface area (Å²) in [7, 11) is 0. The Kier molecular flexibility index (Phi) is 10.4. The van der Waals surface area contributed by atoms with Crippen molar-refractivity contribution in [2.45, 2.75) is 91.3 Å². The molecular formula is C17H14ClF20NO. The molecule has 240 valence electrons. The molecule has 0 aromatic rings. The molecule has 23 heteroatoms. The van der Waals surface area contributed by atoms with Crippen molar-refractivity contribution in [3.8, 4) is 0 Å². The van der Waals surface area contributed by atoms with E-state index in [1.807, 2.05) is 0 Å². The summed E-state index contributed by atoms with van der Waals surface area (Å²) in [4.78, 5) is 11.2. The van der Waals surface area contributed by atoms with Crippen LogP contribution in [-0.4, -0.2) is 71.1 Å². The molecule has 40 heavy (non-hydrogen) atoms. The Balaban J connectivity index is 6.75. The van der Waals surface area contributed by atoms with Crippen LogP contribution in [-0.2, 0) is 4.79 Å². The maximum atomic E-state index is 13.8. The molecule has 0 bridgehead atoms. The average Bonchev–Trinajstić information content (AvgIpc) is 2.76. The van der Waals surface area contributed by atoms with Gasteiger partial charge in [-0.05, 0) is 18.0 Å². The molecule has 0 aromatic carbocycles. The Bertz CT molecular complexity index is 896. The molecule has 0 aliphatic rings. The highest BCUT2D eigenvalue weighted by Gasteiger charge is 2.97. The Morgan fingerprint density at radius 2 is 0.800 bits per heavy atom. The fourth-order valence-corrected chi connectivity index (χ4v) is 2.68. The van der Waals surface area contributed by atoms with Crippen molar-refractivity contribution in [1.29, 1.82) is 0 Å². The first-order valence-electron chi connectivity index (χ1n) is 9.98. The van der Waals surface area contributed by atoms with Crippen molar-refractivity contribution < 1.29 is 92.6 Å². The molecule has 0 saturated carbocycles. The minimum Gasteiger partial charge on any atom is -0.351 e.